The second kappa shape index (κ2) is 4.91. The minimum absolute atomic E-state index is 0.214. The van der Waals surface area contributed by atoms with E-state index in [2.05, 4.69) is 15.9 Å². The fourth-order valence-electron chi connectivity index (χ4n) is 1.04. The summed E-state index contributed by atoms with van der Waals surface area (Å²) < 4.78 is 12.5. The van der Waals surface area contributed by atoms with E-state index in [1.807, 2.05) is 0 Å². The van der Waals surface area contributed by atoms with Gasteiger partial charge >= 0.3 is 0 Å². The monoisotopic (exact) mass is 277 g/mol. The summed E-state index contributed by atoms with van der Waals surface area (Å²) in [5.74, 6) is 0.214. The molecule has 1 aromatic rings. The molecule has 0 aliphatic heterocycles. The number of halogens is 1. The molecule has 0 bridgehead atoms. The first-order valence-corrected chi connectivity index (χ1v) is 6.23. The van der Waals surface area contributed by atoms with Crippen molar-refractivity contribution in [2.45, 2.75) is 17.9 Å². The average molecular weight is 278 g/mol. The molecule has 0 aromatic heterocycles. The Labute approximate surface area is 93.9 Å². The van der Waals surface area contributed by atoms with Crippen LogP contribution >= 0.6 is 15.9 Å². The van der Waals surface area contributed by atoms with Gasteiger partial charge in [-0.25, -0.2) is 0 Å². The molecule has 0 aliphatic rings. The van der Waals surface area contributed by atoms with Crippen molar-refractivity contribution in [2.24, 2.45) is 0 Å². The second-order valence-electron chi connectivity index (χ2n) is 3.04. The fourth-order valence-corrected chi connectivity index (χ4v) is 2.57. The lowest BCUT2D eigenvalue weighted by atomic mass is 10.3. The van der Waals surface area contributed by atoms with Crippen LogP contribution in [0, 0.1) is 0 Å². The molecule has 2 unspecified atom stereocenters. The van der Waals surface area contributed by atoms with E-state index in [1.54, 1.807) is 25.1 Å². The molecule has 0 amide bonds. The highest BCUT2D eigenvalue weighted by Gasteiger charge is 2.10. The summed E-state index contributed by atoms with van der Waals surface area (Å²) in [4.78, 5) is 0.578. The van der Waals surface area contributed by atoms with Crippen molar-refractivity contribution >= 4 is 32.4 Å². The third-order valence-electron chi connectivity index (χ3n) is 1.61. The van der Waals surface area contributed by atoms with Crippen molar-refractivity contribution in [2.75, 3.05) is 11.5 Å². The largest absolute Gasteiger partial charge is 0.398 e. The minimum Gasteiger partial charge on any atom is -0.398 e. The van der Waals surface area contributed by atoms with Gasteiger partial charge in [0, 0.05) is 10.2 Å². The number of nitrogen functional groups attached to an aromatic ring is 1. The summed E-state index contributed by atoms with van der Waals surface area (Å²) in [6.45, 7) is 1.60. The summed E-state index contributed by atoms with van der Waals surface area (Å²) in [5.41, 5.74) is 6.18. The van der Waals surface area contributed by atoms with Gasteiger partial charge in [-0.15, -0.1) is 0 Å². The average Bonchev–Trinajstić information content (AvgIpc) is 2.01. The molecule has 3 N–H and O–H groups in total. The quantitative estimate of drug-likeness (QED) is 0.824. The van der Waals surface area contributed by atoms with Crippen LogP contribution in [0.3, 0.4) is 0 Å². The highest BCUT2D eigenvalue weighted by molar-refractivity contribution is 9.10. The molecule has 0 aliphatic carbocycles. The first-order valence-electron chi connectivity index (χ1n) is 4.12. The fraction of sp³-hybridized carbons (Fsp3) is 0.333. The molecule has 1 rings (SSSR count). The van der Waals surface area contributed by atoms with E-state index in [4.69, 9.17) is 10.8 Å². The van der Waals surface area contributed by atoms with Gasteiger partial charge < -0.3 is 10.8 Å². The zero-order chi connectivity index (χ0) is 10.7. The first kappa shape index (κ1) is 11.7. The van der Waals surface area contributed by atoms with Crippen LogP contribution in [0.25, 0.3) is 0 Å². The van der Waals surface area contributed by atoms with Crippen LogP contribution in [0.4, 0.5) is 5.69 Å². The van der Waals surface area contributed by atoms with Gasteiger partial charge in [0.05, 0.1) is 27.6 Å². The summed E-state index contributed by atoms with van der Waals surface area (Å²) in [7, 11) is -1.23. The van der Waals surface area contributed by atoms with E-state index in [1.165, 1.54) is 0 Å². The topological polar surface area (TPSA) is 63.3 Å². The number of nitrogens with two attached hydrogens (primary N) is 1. The number of aliphatic hydroxyl groups excluding tert-OH is 1. The van der Waals surface area contributed by atoms with Crippen molar-refractivity contribution in [3.05, 3.63) is 22.7 Å². The molecule has 0 saturated heterocycles. The van der Waals surface area contributed by atoms with Crippen LogP contribution in [0.15, 0.2) is 27.6 Å². The summed E-state index contributed by atoms with van der Waals surface area (Å²) >= 11 is 3.27. The molecule has 2 atom stereocenters. The lowest BCUT2D eigenvalue weighted by Gasteiger charge is -2.07. The summed E-state index contributed by atoms with van der Waals surface area (Å²) in [6.07, 6.45) is -0.584. The van der Waals surface area contributed by atoms with Gasteiger partial charge in [-0.1, -0.05) is 15.9 Å². The molecule has 78 valence electrons. The predicted octanol–water partition coefficient (Wildman–Crippen LogP) is 1.52. The molecule has 0 spiro atoms. The zero-order valence-corrected chi connectivity index (χ0v) is 10.1. The number of aliphatic hydroxyl groups is 1. The maximum Gasteiger partial charge on any atom is 0.0630 e. The molecular weight excluding hydrogens is 266 g/mol. The third-order valence-corrected chi connectivity index (χ3v) is 3.75. The summed E-state index contributed by atoms with van der Waals surface area (Å²) in [5, 5.41) is 9.09. The molecule has 0 saturated carbocycles. The van der Waals surface area contributed by atoms with Crippen LogP contribution in [0.1, 0.15) is 6.92 Å². The smallest absolute Gasteiger partial charge is 0.0630 e. The highest BCUT2D eigenvalue weighted by Crippen LogP contribution is 2.21. The van der Waals surface area contributed by atoms with Crippen molar-refractivity contribution in [1.82, 2.24) is 0 Å². The van der Waals surface area contributed by atoms with Gasteiger partial charge in [-0.2, -0.15) is 0 Å². The Kier molecular flexibility index (Phi) is 4.10. The Morgan fingerprint density at radius 1 is 1.64 bits per heavy atom. The normalized spacial score (nSPS) is 15.1. The lowest BCUT2D eigenvalue weighted by molar-refractivity contribution is 0.219. The molecule has 14 heavy (non-hydrogen) atoms. The highest BCUT2D eigenvalue weighted by atomic mass is 79.9. The van der Waals surface area contributed by atoms with E-state index in [9.17, 15) is 4.21 Å². The maximum absolute atomic E-state index is 11.6. The maximum atomic E-state index is 11.6. The van der Waals surface area contributed by atoms with Gasteiger partial charge in [-0.3, -0.25) is 4.21 Å². The second-order valence-corrected chi connectivity index (χ2v) is 5.42. The molecule has 0 heterocycles. The van der Waals surface area contributed by atoms with E-state index in [0.717, 1.165) is 4.47 Å². The first-order chi connectivity index (χ1) is 6.50. The Hall–Kier alpha value is -0.390. The van der Waals surface area contributed by atoms with Gasteiger partial charge in [0.1, 0.15) is 0 Å². The van der Waals surface area contributed by atoms with E-state index in [-0.39, 0.29) is 5.75 Å². The molecule has 1 aromatic carbocycles. The molecular formula is C9H12BrNO2S. The van der Waals surface area contributed by atoms with Crippen molar-refractivity contribution in [3.63, 3.8) is 0 Å². The predicted molar refractivity (Wildman–Crippen MR) is 61.5 cm³/mol. The van der Waals surface area contributed by atoms with Crippen LogP contribution in [-0.4, -0.2) is 21.2 Å². The minimum atomic E-state index is -1.23. The lowest BCUT2D eigenvalue weighted by Crippen LogP contribution is -2.13. The Morgan fingerprint density at radius 3 is 2.79 bits per heavy atom. The van der Waals surface area contributed by atoms with Gasteiger partial charge in [-0.05, 0) is 25.1 Å². The SMILES string of the molecule is CC(O)CS(=O)c1ccc(Br)cc1N. The molecule has 0 radical (unpaired) electrons. The van der Waals surface area contributed by atoms with Crippen LogP contribution in [0.2, 0.25) is 0 Å². The Morgan fingerprint density at radius 2 is 2.29 bits per heavy atom. The number of anilines is 1. The van der Waals surface area contributed by atoms with E-state index in [0.29, 0.717) is 10.6 Å². The molecule has 3 nitrogen and oxygen atoms in total. The van der Waals surface area contributed by atoms with Crippen LogP contribution in [-0.2, 0) is 10.8 Å². The van der Waals surface area contributed by atoms with E-state index < -0.39 is 16.9 Å². The van der Waals surface area contributed by atoms with Gasteiger partial charge in [0.15, 0.2) is 0 Å². The van der Waals surface area contributed by atoms with Crippen molar-refractivity contribution in [3.8, 4) is 0 Å². The van der Waals surface area contributed by atoms with Gasteiger partial charge in [0.2, 0.25) is 0 Å². The number of benzene rings is 1. The van der Waals surface area contributed by atoms with Crippen molar-refractivity contribution < 1.29 is 9.32 Å². The standard InChI is InChI=1S/C9H12BrNO2S/c1-6(12)5-14(13)9-3-2-7(10)4-8(9)11/h2-4,6,12H,5,11H2,1H3. The molecule has 0 fully saturated rings. The third kappa shape index (κ3) is 3.08. The van der Waals surface area contributed by atoms with Crippen LogP contribution in [0.5, 0.6) is 0 Å². The van der Waals surface area contributed by atoms with Gasteiger partial charge in [0.25, 0.3) is 0 Å². The number of hydrogen-bond donors (Lipinski definition) is 2. The number of hydrogen-bond acceptors (Lipinski definition) is 3. The van der Waals surface area contributed by atoms with E-state index >= 15 is 0 Å². The number of rotatable bonds is 3. The zero-order valence-electron chi connectivity index (χ0n) is 7.74. The summed E-state index contributed by atoms with van der Waals surface area (Å²) in [6, 6.07) is 5.19. The Balaban J connectivity index is 2.90. The van der Waals surface area contributed by atoms with Crippen molar-refractivity contribution in [1.29, 1.82) is 0 Å². The molecule has 5 heteroatoms. The Bertz CT molecular complexity index is 355. The van der Waals surface area contributed by atoms with Crippen LogP contribution < -0.4 is 5.73 Å².